The van der Waals surface area contributed by atoms with Crippen molar-refractivity contribution < 1.29 is 9.59 Å². The lowest BCUT2D eigenvalue weighted by molar-refractivity contribution is -0.139. The van der Waals surface area contributed by atoms with Gasteiger partial charge in [0.05, 0.1) is 5.41 Å². The Balaban J connectivity index is 1.91. The fourth-order valence-corrected chi connectivity index (χ4v) is 2.94. The predicted octanol–water partition coefficient (Wildman–Crippen LogP) is 1.55. The van der Waals surface area contributed by atoms with Gasteiger partial charge in [-0.05, 0) is 24.7 Å². The normalized spacial score (nSPS) is 23.3. The van der Waals surface area contributed by atoms with E-state index in [1.807, 2.05) is 4.90 Å². The van der Waals surface area contributed by atoms with Crippen molar-refractivity contribution in [3.8, 4) is 0 Å². The van der Waals surface area contributed by atoms with E-state index < -0.39 is 0 Å². The maximum Gasteiger partial charge on any atom is 0.226 e. The highest BCUT2D eigenvalue weighted by Crippen LogP contribution is 2.38. The van der Waals surface area contributed by atoms with Gasteiger partial charge in [-0.2, -0.15) is 0 Å². The smallest absolute Gasteiger partial charge is 0.226 e. The van der Waals surface area contributed by atoms with E-state index in [0.717, 1.165) is 38.9 Å². The Morgan fingerprint density at radius 2 is 1.89 bits per heavy atom. The van der Waals surface area contributed by atoms with Crippen molar-refractivity contribution in [3.63, 3.8) is 0 Å². The third-order valence-electron chi connectivity index (χ3n) is 4.13. The summed E-state index contributed by atoms with van der Waals surface area (Å²) in [6, 6.07) is 0. The van der Waals surface area contributed by atoms with Gasteiger partial charge >= 0.3 is 0 Å². The molecule has 2 heterocycles. The van der Waals surface area contributed by atoms with Crippen LogP contribution in [0.3, 0.4) is 0 Å². The number of nitrogens with zero attached hydrogens (tertiary/aromatic N) is 1. The zero-order valence-corrected chi connectivity index (χ0v) is 11.7. The molecule has 0 saturated carbocycles. The number of likely N-dealkylation sites (tertiary alicyclic amines) is 1. The number of hydrogen-bond donors (Lipinski definition) is 1. The highest BCUT2D eigenvalue weighted by molar-refractivity contribution is 5.85. The average Bonchev–Trinajstić information content (AvgIpc) is 2.59. The molecule has 2 rings (SSSR count). The van der Waals surface area contributed by atoms with Gasteiger partial charge in [0.25, 0.3) is 0 Å². The molecule has 1 N–H and O–H groups in total. The van der Waals surface area contributed by atoms with Crippen LogP contribution in [-0.2, 0) is 9.59 Å². The first kappa shape index (κ1) is 13.4. The Labute approximate surface area is 109 Å². The zero-order valence-electron chi connectivity index (χ0n) is 11.7. The number of nitrogens with one attached hydrogen (secondary N) is 1. The zero-order chi connectivity index (χ0) is 13.4. The lowest BCUT2D eigenvalue weighted by Crippen LogP contribution is -2.46. The van der Waals surface area contributed by atoms with Crippen molar-refractivity contribution in [1.29, 1.82) is 0 Å². The van der Waals surface area contributed by atoms with E-state index in [2.05, 4.69) is 26.1 Å². The van der Waals surface area contributed by atoms with Crippen molar-refractivity contribution in [3.05, 3.63) is 0 Å². The molecular weight excluding hydrogens is 228 g/mol. The minimum Gasteiger partial charge on any atom is -0.356 e. The number of carbonyl (C=O) groups is 2. The third kappa shape index (κ3) is 2.68. The summed E-state index contributed by atoms with van der Waals surface area (Å²) in [5.41, 5.74) is -0.130. The summed E-state index contributed by atoms with van der Waals surface area (Å²) >= 11 is 0. The Morgan fingerprint density at radius 3 is 2.33 bits per heavy atom. The molecular formula is C14H24N2O2. The molecule has 0 atom stereocenters. The lowest BCUT2D eigenvalue weighted by Gasteiger charge is -2.38. The van der Waals surface area contributed by atoms with Crippen LogP contribution in [0.2, 0.25) is 0 Å². The second-order valence-corrected chi connectivity index (χ2v) is 6.90. The second kappa shape index (κ2) is 4.56. The van der Waals surface area contributed by atoms with Crippen molar-refractivity contribution in [2.24, 2.45) is 10.8 Å². The maximum atomic E-state index is 12.1. The fraction of sp³-hybridized carbons (Fsp3) is 0.857. The minimum absolute atomic E-state index is 0.0386. The number of rotatable bonds is 1. The van der Waals surface area contributed by atoms with Crippen LogP contribution in [0.25, 0.3) is 0 Å². The quantitative estimate of drug-likeness (QED) is 0.770. The van der Waals surface area contributed by atoms with Crippen LogP contribution >= 0.6 is 0 Å². The molecule has 0 bridgehead atoms. The molecule has 2 aliphatic heterocycles. The first-order valence-electron chi connectivity index (χ1n) is 6.89. The van der Waals surface area contributed by atoms with Crippen molar-refractivity contribution in [2.75, 3.05) is 19.6 Å². The Kier molecular flexibility index (Phi) is 3.39. The molecule has 2 fully saturated rings. The topological polar surface area (TPSA) is 49.4 Å². The van der Waals surface area contributed by atoms with Crippen LogP contribution < -0.4 is 5.32 Å². The molecule has 0 aliphatic carbocycles. The molecule has 0 aromatic carbocycles. The highest BCUT2D eigenvalue weighted by atomic mass is 16.2. The molecule has 0 radical (unpaired) electrons. The number of amides is 2. The van der Waals surface area contributed by atoms with Crippen LogP contribution in [0, 0.1) is 10.8 Å². The fourth-order valence-electron chi connectivity index (χ4n) is 2.94. The lowest BCUT2D eigenvalue weighted by atomic mass is 9.77. The molecule has 18 heavy (non-hydrogen) atoms. The number of hydrogen-bond acceptors (Lipinski definition) is 2. The minimum atomic E-state index is -0.168. The van der Waals surface area contributed by atoms with Crippen molar-refractivity contribution in [2.45, 2.75) is 46.5 Å². The number of carbonyl (C=O) groups excluding carboxylic acids is 2. The van der Waals surface area contributed by atoms with E-state index in [9.17, 15) is 9.59 Å². The van der Waals surface area contributed by atoms with Crippen LogP contribution in [0.1, 0.15) is 46.5 Å². The van der Waals surface area contributed by atoms with Gasteiger partial charge in [0, 0.05) is 26.1 Å². The number of piperidine rings is 1. The third-order valence-corrected chi connectivity index (χ3v) is 4.13. The van der Waals surface area contributed by atoms with E-state index in [-0.39, 0.29) is 22.6 Å². The summed E-state index contributed by atoms with van der Waals surface area (Å²) < 4.78 is 0. The van der Waals surface area contributed by atoms with Gasteiger partial charge in [0.1, 0.15) is 0 Å². The van der Waals surface area contributed by atoms with Gasteiger partial charge in [0.2, 0.25) is 11.8 Å². The average molecular weight is 252 g/mol. The second-order valence-electron chi connectivity index (χ2n) is 6.90. The molecule has 0 aromatic heterocycles. The predicted molar refractivity (Wildman–Crippen MR) is 69.9 cm³/mol. The SMILES string of the molecule is CC(C)(C)CC(=O)N1CCC2(CCNC2=O)CC1. The summed E-state index contributed by atoms with van der Waals surface area (Å²) in [5, 5.41) is 2.92. The maximum absolute atomic E-state index is 12.1. The highest BCUT2D eigenvalue weighted by Gasteiger charge is 2.45. The van der Waals surface area contributed by atoms with Gasteiger partial charge in [-0.1, -0.05) is 20.8 Å². The van der Waals surface area contributed by atoms with Crippen LogP contribution in [0.5, 0.6) is 0 Å². The molecule has 102 valence electrons. The van der Waals surface area contributed by atoms with Gasteiger partial charge < -0.3 is 10.2 Å². The molecule has 4 nitrogen and oxygen atoms in total. The largest absolute Gasteiger partial charge is 0.356 e. The van der Waals surface area contributed by atoms with E-state index >= 15 is 0 Å². The van der Waals surface area contributed by atoms with Gasteiger partial charge in [-0.15, -0.1) is 0 Å². The summed E-state index contributed by atoms with van der Waals surface area (Å²) in [6.45, 7) is 8.53. The Hall–Kier alpha value is -1.06. The van der Waals surface area contributed by atoms with E-state index in [1.54, 1.807) is 0 Å². The monoisotopic (exact) mass is 252 g/mol. The van der Waals surface area contributed by atoms with E-state index in [1.165, 1.54) is 0 Å². The molecule has 0 unspecified atom stereocenters. The van der Waals surface area contributed by atoms with Gasteiger partial charge in [-0.3, -0.25) is 9.59 Å². The summed E-state index contributed by atoms with van der Waals surface area (Å²) in [5.74, 6) is 0.432. The van der Waals surface area contributed by atoms with Crippen molar-refractivity contribution in [1.82, 2.24) is 10.2 Å². The molecule has 2 amide bonds. The Bertz CT molecular complexity index is 349. The Morgan fingerprint density at radius 1 is 1.28 bits per heavy atom. The van der Waals surface area contributed by atoms with Gasteiger partial charge in [0.15, 0.2) is 0 Å². The first-order chi connectivity index (χ1) is 8.32. The molecule has 1 spiro atoms. The van der Waals surface area contributed by atoms with Crippen LogP contribution in [0.4, 0.5) is 0 Å². The van der Waals surface area contributed by atoms with E-state index in [0.29, 0.717) is 6.42 Å². The summed E-state index contributed by atoms with van der Waals surface area (Å²) in [6.07, 6.45) is 3.18. The summed E-state index contributed by atoms with van der Waals surface area (Å²) in [7, 11) is 0. The standard InChI is InChI=1S/C14H24N2O2/c1-13(2,3)10-11(17)16-8-5-14(6-9-16)4-7-15-12(14)18/h4-10H2,1-3H3,(H,15,18). The first-order valence-corrected chi connectivity index (χ1v) is 6.89. The molecule has 0 aromatic rings. The van der Waals surface area contributed by atoms with Gasteiger partial charge in [-0.25, -0.2) is 0 Å². The van der Waals surface area contributed by atoms with Crippen molar-refractivity contribution >= 4 is 11.8 Å². The summed E-state index contributed by atoms with van der Waals surface area (Å²) in [4.78, 5) is 25.9. The molecule has 2 aliphatic rings. The molecule has 2 saturated heterocycles. The van der Waals surface area contributed by atoms with Crippen LogP contribution in [-0.4, -0.2) is 36.3 Å². The molecule has 4 heteroatoms. The van der Waals surface area contributed by atoms with Crippen LogP contribution in [0.15, 0.2) is 0 Å². The van der Waals surface area contributed by atoms with E-state index in [4.69, 9.17) is 0 Å².